The molecule has 1 fully saturated rings. The van der Waals surface area contributed by atoms with Crippen LogP contribution in [0.3, 0.4) is 0 Å². The minimum atomic E-state index is -0.537. The molecule has 4 rings (SSSR count). The average molecular weight is 448 g/mol. The van der Waals surface area contributed by atoms with E-state index in [0.717, 1.165) is 25.0 Å². The second-order valence-electron chi connectivity index (χ2n) is 7.75. The monoisotopic (exact) mass is 448 g/mol. The number of aromatic nitrogens is 1. The molecular formula is C26H25FN2O4. The van der Waals surface area contributed by atoms with Crippen molar-refractivity contribution in [1.29, 1.82) is 0 Å². The van der Waals surface area contributed by atoms with Crippen LogP contribution in [0.5, 0.6) is 17.2 Å². The minimum absolute atomic E-state index is 0.0777. The molecule has 170 valence electrons. The summed E-state index contributed by atoms with van der Waals surface area (Å²) >= 11 is 0. The standard InChI is InChI=1S/C26H25FN2O4/c1-18-6-9-23(25(14-18)32-17-21-5-3-13-31-21)29-26(30)11-8-19-7-10-24(22(27)15-19)33-20-4-2-12-28-16-20/h2,4,6-12,14-16,21H,3,5,13,17H2,1H3,(H,29,30)/b11-8+. The molecule has 0 radical (unpaired) electrons. The van der Waals surface area contributed by atoms with Crippen LogP contribution >= 0.6 is 0 Å². The number of amides is 1. The summed E-state index contributed by atoms with van der Waals surface area (Å²) in [5.74, 6) is 0.226. The van der Waals surface area contributed by atoms with E-state index in [9.17, 15) is 9.18 Å². The molecule has 2 aromatic carbocycles. The number of rotatable bonds is 8. The van der Waals surface area contributed by atoms with Gasteiger partial charge in [-0.1, -0.05) is 12.1 Å². The molecule has 3 aromatic rings. The number of pyridine rings is 1. The lowest BCUT2D eigenvalue weighted by Gasteiger charge is -2.15. The van der Waals surface area contributed by atoms with Crippen molar-refractivity contribution in [3.05, 3.63) is 83.9 Å². The Labute approximate surface area is 192 Å². The Balaban J connectivity index is 1.38. The Morgan fingerprint density at radius 3 is 2.91 bits per heavy atom. The Morgan fingerprint density at radius 1 is 1.24 bits per heavy atom. The molecule has 0 spiro atoms. The van der Waals surface area contributed by atoms with Gasteiger partial charge < -0.3 is 19.5 Å². The largest absolute Gasteiger partial charge is 0.489 e. The summed E-state index contributed by atoms with van der Waals surface area (Å²) in [5.41, 5.74) is 2.12. The maximum atomic E-state index is 14.4. The molecule has 1 atom stereocenters. The lowest BCUT2D eigenvalue weighted by molar-refractivity contribution is -0.111. The van der Waals surface area contributed by atoms with E-state index < -0.39 is 5.82 Å². The zero-order chi connectivity index (χ0) is 23.0. The summed E-state index contributed by atoms with van der Waals surface area (Å²) in [5, 5.41) is 2.83. The van der Waals surface area contributed by atoms with Crippen molar-refractivity contribution in [1.82, 2.24) is 4.98 Å². The summed E-state index contributed by atoms with van der Waals surface area (Å²) in [6, 6.07) is 13.5. The normalized spacial score (nSPS) is 15.5. The molecule has 33 heavy (non-hydrogen) atoms. The van der Waals surface area contributed by atoms with Gasteiger partial charge in [0.15, 0.2) is 11.6 Å². The van der Waals surface area contributed by atoms with Crippen LogP contribution in [0.15, 0.2) is 67.0 Å². The summed E-state index contributed by atoms with van der Waals surface area (Å²) in [4.78, 5) is 16.4. The molecule has 7 heteroatoms. The fourth-order valence-corrected chi connectivity index (χ4v) is 3.40. The Bertz CT molecular complexity index is 1130. The van der Waals surface area contributed by atoms with Gasteiger partial charge in [0.05, 0.1) is 18.0 Å². The van der Waals surface area contributed by atoms with Crippen molar-refractivity contribution in [2.24, 2.45) is 0 Å². The zero-order valence-corrected chi connectivity index (χ0v) is 18.3. The first kappa shape index (κ1) is 22.5. The molecule has 1 unspecified atom stereocenters. The Hall–Kier alpha value is -3.71. The van der Waals surface area contributed by atoms with Gasteiger partial charge >= 0.3 is 0 Å². The van der Waals surface area contributed by atoms with Crippen molar-refractivity contribution < 1.29 is 23.4 Å². The molecule has 0 saturated carbocycles. The van der Waals surface area contributed by atoms with Crippen molar-refractivity contribution in [3.63, 3.8) is 0 Å². The second-order valence-corrected chi connectivity index (χ2v) is 7.75. The number of carbonyl (C=O) groups is 1. The highest BCUT2D eigenvalue weighted by atomic mass is 19.1. The van der Waals surface area contributed by atoms with Crippen LogP contribution < -0.4 is 14.8 Å². The van der Waals surface area contributed by atoms with Crippen LogP contribution in [-0.4, -0.2) is 30.2 Å². The smallest absolute Gasteiger partial charge is 0.248 e. The third kappa shape index (κ3) is 6.40. The van der Waals surface area contributed by atoms with Gasteiger partial charge in [-0.25, -0.2) is 4.39 Å². The van der Waals surface area contributed by atoms with Crippen LogP contribution in [0.1, 0.15) is 24.0 Å². The van der Waals surface area contributed by atoms with Gasteiger partial charge in [0.25, 0.3) is 0 Å². The maximum Gasteiger partial charge on any atom is 0.248 e. The fourth-order valence-electron chi connectivity index (χ4n) is 3.40. The average Bonchev–Trinajstić information content (AvgIpc) is 3.34. The van der Waals surface area contributed by atoms with Gasteiger partial charge in [-0.2, -0.15) is 0 Å². The van der Waals surface area contributed by atoms with E-state index in [1.165, 1.54) is 30.5 Å². The van der Waals surface area contributed by atoms with Gasteiger partial charge in [-0.05, 0) is 73.4 Å². The highest BCUT2D eigenvalue weighted by molar-refractivity contribution is 6.02. The van der Waals surface area contributed by atoms with Crippen LogP contribution in [0.25, 0.3) is 6.08 Å². The number of benzene rings is 2. The molecule has 1 aliphatic rings. The Morgan fingerprint density at radius 2 is 2.15 bits per heavy atom. The number of hydrogen-bond donors (Lipinski definition) is 1. The predicted molar refractivity (Wildman–Crippen MR) is 124 cm³/mol. The van der Waals surface area contributed by atoms with Crippen LogP contribution in [0, 0.1) is 12.7 Å². The fraction of sp³-hybridized carbons (Fsp3) is 0.231. The van der Waals surface area contributed by atoms with Crippen molar-refractivity contribution in [2.45, 2.75) is 25.9 Å². The number of anilines is 1. The van der Waals surface area contributed by atoms with Crippen molar-refractivity contribution in [3.8, 4) is 17.2 Å². The maximum absolute atomic E-state index is 14.4. The molecule has 1 aromatic heterocycles. The van der Waals surface area contributed by atoms with Gasteiger partial charge in [0.2, 0.25) is 5.91 Å². The van der Waals surface area contributed by atoms with E-state index in [0.29, 0.717) is 29.4 Å². The first-order valence-electron chi connectivity index (χ1n) is 10.8. The lowest BCUT2D eigenvalue weighted by atomic mass is 10.2. The third-order valence-electron chi connectivity index (χ3n) is 5.09. The number of halogens is 1. The molecule has 1 N–H and O–H groups in total. The van der Waals surface area contributed by atoms with Gasteiger partial charge in [0, 0.05) is 18.9 Å². The first-order valence-corrected chi connectivity index (χ1v) is 10.8. The van der Waals surface area contributed by atoms with Crippen LogP contribution in [0.4, 0.5) is 10.1 Å². The molecule has 6 nitrogen and oxygen atoms in total. The lowest BCUT2D eigenvalue weighted by Crippen LogP contribution is -2.17. The van der Waals surface area contributed by atoms with Crippen LogP contribution in [-0.2, 0) is 9.53 Å². The molecule has 0 bridgehead atoms. The summed E-state index contributed by atoms with van der Waals surface area (Å²) in [7, 11) is 0. The van der Waals surface area contributed by atoms with E-state index in [1.54, 1.807) is 30.5 Å². The van der Waals surface area contributed by atoms with E-state index in [1.807, 2.05) is 19.1 Å². The highest BCUT2D eigenvalue weighted by Crippen LogP contribution is 2.28. The molecular weight excluding hydrogens is 423 g/mol. The zero-order valence-electron chi connectivity index (χ0n) is 18.3. The van der Waals surface area contributed by atoms with Gasteiger partial charge in [-0.15, -0.1) is 0 Å². The minimum Gasteiger partial charge on any atom is -0.489 e. The van der Waals surface area contributed by atoms with Crippen molar-refractivity contribution >= 4 is 17.7 Å². The molecule has 1 saturated heterocycles. The molecule has 0 aliphatic carbocycles. The second kappa shape index (κ2) is 10.7. The number of carbonyl (C=O) groups excluding carboxylic acids is 1. The highest BCUT2D eigenvalue weighted by Gasteiger charge is 2.17. The number of nitrogens with zero attached hydrogens (tertiary/aromatic N) is 1. The third-order valence-corrected chi connectivity index (χ3v) is 5.09. The summed E-state index contributed by atoms with van der Waals surface area (Å²) in [6.07, 6.45) is 8.08. The predicted octanol–water partition coefficient (Wildman–Crippen LogP) is 5.53. The van der Waals surface area contributed by atoms with Gasteiger partial charge in [0.1, 0.15) is 18.1 Å². The topological polar surface area (TPSA) is 69.7 Å². The van der Waals surface area contributed by atoms with E-state index in [4.69, 9.17) is 14.2 Å². The number of nitrogens with one attached hydrogen (secondary N) is 1. The summed E-state index contributed by atoms with van der Waals surface area (Å²) in [6.45, 7) is 3.16. The van der Waals surface area contributed by atoms with Crippen LogP contribution in [0.2, 0.25) is 0 Å². The number of ether oxygens (including phenoxy) is 3. The Kier molecular flexibility index (Phi) is 7.32. The molecule has 1 amide bonds. The van der Waals surface area contributed by atoms with E-state index in [2.05, 4.69) is 10.3 Å². The molecule has 1 aliphatic heterocycles. The van der Waals surface area contributed by atoms with Gasteiger partial charge in [-0.3, -0.25) is 9.78 Å². The van der Waals surface area contributed by atoms with E-state index >= 15 is 0 Å². The quantitative estimate of drug-likeness (QED) is 0.459. The number of aryl methyl sites for hydroxylation is 1. The molecule has 2 heterocycles. The summed E-state index contributed by atoms with van der Waals surface area (Å²) < 4.78 is 31.4. The number of hydrogen-bond acceptors (Lipinski definition) is 5. The van der Waals surface area contributed by atoms with Crippen molar-refractivity contribution in [2.75, 3.05) is 18.5 Å². The SMILES string of the molecule is Cc1ccc(NC(=O)/C=C/c2ccc(Oc3cccnc3)c(F)c2)c(OCC2CCCO2)c1. The first-order chi connectivity index (χ1) is 16.1. The van der Waals surface area contributed by atoms with E-state index in [-0.39, 0.29) is 17.8 Å².